The molecular formula is C10H15N5O2S. The Balaban J connectivity index is 2.16. The molecule has 0 amide bonds. The van der Waals surface area contributed by atoms with Gasteiger partial charge in [-0.2, -0.15) is 16.7 Å². The fourth-order valence-corrected chi connectivity index (χ4v) is 3.20. The Labute approximate surface area is 109 Å². The van der Waals surface area contributed by atoms with Crippen molar-refractivity contribution in [2.24, 2.45) is 5.92 Å². The smallest absolute Gasteiger partial charge is 0.332 e. The summed E-state index contributed by atoms with van der Waals surface area (Å²) in [6, 6.07) is 0. The molecule has 18 heavy (non-hydrogen) atoms. The number of hydrogen-bond donors (Lipinski definition) is 2. The first-order valence-corrected chi connectivity index (χ1v) is 6.83. The van der Waals surface area contributed by atoms with Crippen LogP contribution in [0.25, 0.3) is 0 Å². The highest BCUT2D eigenvalue weighted by atomic mass is 32.2. The molecule has 1 atom stereocenters. The van der Waals surface area contributed by atoms with Crippen LogP contribution >= 0.6 is 11.8 Å². The molecule has 0 radical (unpaired) electrons. The highest BCUT2D eigenvalue weighted by molar-refractivity contribution is 7.99. The van der Waals surface area contributed by atoms with Gasteiger partial charge in [-0.1, -0.05) is 0 Å². The number of nitrogen functional groups attached to an aromatic ring is 1. The van der Waals surface area contributed by atoms with E-state index in [-0.39, 0.29) is 23.1 Å². The molecule has 1 aromatic rings. The number of nitrogens with one attached hydrogen (secondary N) is 1. The molecule has 1 aliphatic heterocycles. The van der Waals surface area contributed by atoms with Crippen LogP contribution in [0.3, 0.4) is 0 Å². The Morgan fingerprint density at radius 1 is 1.61 bits per heavy atom. The summed E-state index contributed by atoms with van der Waals surface area (Å²) in [4.78, 5) is 18.3. The number of aromatic nitrogens is 2. The Bertz CT molecular complexity index is 462. The van der Waals surface area contributed by atoms with E-state index in [0.29, 0.717) is 12.5 Å². The molecule has 2 rings (SSSR count). The van der Waals surface area contributed by atoms with Gasteiger partial charge in [-0.3, -0.25) is 10.1 Å². The highest BCUT2D eigenvalue weighted by Gasteiger charge is 2.23. The van der Waals surface area contributed by atoms with Gasteiger partial charge in [0, 0.05) is 6.54 Å². The van der Waals surface area contributed by atoms with Crippen molar-refractivity contribution in [3.05, 3.63) is 15.8 Å². The second-order valence-corrected chi connectivity index (χ2v) is 5.38. The minimum absolute atomic E-state index is 0.0568. The number of nitrogens with two attached hydrogens (primary N) is 1. The Kier molecular flexibility index (Phi) is 3.85. The third-order valence-corrected chi connectivity index (χ3v) is 4.07. The van der Waals surface area contributed by atoms with Crippen LogP contribution in [-0.4, -0.2) is 32.9 Å². The first-order valence-electron chi connectivity index (χ1n) is 5.68. The lowest BCUT2D eigenvalue weighted by Crippen LogP contribution is -2.16. The lowest BCUT2D eigenvalue weighted by molar-refractivity contribution is -0.385. The maximum Gasteiger partial charge on any atom is 0.332 e. The van der Waals surface area contributed by atoms with Crippen molar-refractivity contribution in [3.63, 3.8) is 0 Å². The number of aryl methyl sites for hydroxylation is 1. The van der Waals surface area contributed by atoms with Crippen molar-refractivity contribution in [1.82, 2.24) is 9.97 Å². The van der Waals surface area contributed by atoms with Crippen LogP contribution in [0, 0.1) is 23.0 Å². The van der Waals surface area contributed by atoms with Crippen molar-refractivity contribution < 1.29 is 4.92 Å². The number of hydrogen-bond acceptors (Lipinski definition) is 7. The summed E-state index contributed by atoms with van der Waals surface area (Å²) >= 11 is 1.90. The maximum absolute atomic E-state index is 11.0. The van der Waals surface area contributed by atoms with Crippen molar-refractivity contribution in [2.75, 3.05) is 29.1 Å². The molecule has 1 aliphatic rings. The van der Waals surface area contributed by atoms with Crippen molar-refractivity contribution in [3.8, 4) is 0 Å². The van der Waals surface area contributed by atoms with Crippen LogP contribution in [0.2, 0.25) is 0 Å². The fraction of sp³-hybridized carbons (Fsp3) is 0.600. The fourth-order valence-electron chi connectivity index (χ4n) is 1.92. The predicted molar refractivity (Wildman–Crippen MR) is 71.8 cm³/mol. The molecule has 0 aliphatic carbocycles. The highest BCUT2D eigenvalue weighted by Crippen LogP contribution is 2.28. The second kappa shape index (κ2) is 5.38. The molecule has 0 bridgehead atoms. The van der Waals surface area contributed by atoms with Crippen LogP contribution in [0.5, 0.6) is 0 Å². The zero-order chi connectivity index (χ0) is 13.1. The molecular weight excluding hydrogens is 254 g/mol. The van der Waals surface area contributed by atoms with Gasteiger partial charge in [0.15, 0.2) is 0 Å². The minimum atomic E-state index is -0.472. The Hall–Kier alpha value is -1.57. The molecule has 1 unspecified atom stereocenters. The summed E-state index contributed by atoms with van der Waals surface area (Å²) < 4.78 is 0. The molecule has 0 saturated carbocycles. The van der Waals surface area contributed by atoms with Gasteiger partial charge in [-0.25, -0.2) is 4.98 Å². The molecule has 0 spiro atoms. The lowest BCUT2D eigenvalue weighted by atomic mass is 10.1. The van der Waals surface area contributed by atoms with Gasteiger partial charge in [0.05, 0.1) is 4.92 Å². The molecule has 1 fully saturated rings. The van der Waals surface area contributed by atoms with E-state index >= 15 is 0 Å². The maximum atomic E-state index is 11.0. The SMILES string of the molecule is Cc1nc(N)nc(NCC2CCSC2)c1[N+](=O)[O-]. The van der Waals surface area contributed by atoms with Crippen LogP contribution < -0.4 is 11.1 Å². The summed E-state index contributed by atoms with van der Waals surface area (Å²) in [5.74, 6) is 3.05. The second-order valence-electron chi connectivity index (χ2n) is 4.23. The quantitative estimate of drug-likeness (QED) is 0.629. The monoisotopic (exact) mass is 269 g/mol. The standard InChI is InChI=1S/C10H15N5O2S/c1-6-8(15(16)17)9(14-10(11)13-6)12-4-7-2-3-18-5-7/h7H,2-5H2,1H3,(H3,11,12,13,14). The van der Waals surface area contributed by atoms with E-state index in [2.05, 4.69) is 15.3 Å². The zero-order valence-electron chi connectivity index (χ0n) is 10.0. The van der Waals surface area contributed by atoms with Gasteiger partial charge >= 0.3 is 5.69 Å². The normalized spacial score (nSPS) is 18.8. The zero-order valence-corrected chi connectivity index (χ0v) is 10.9. The van der Waals surface area contributed by atoms with Crippen LogP contribution in [0.1, 0.15) is 12.1 Å². The average Bonchev–Trinajstić information content (AvgIpc) is 2.77. The van der Waals surface area contributed by atoms with Gasteiger partial charge in [-0.05, 0) is 30.8 Å². The number of anilines is 2. The van der Waals surface area contributed by atoms with E-state index < -0.39 is 4.92 Å². The topological polar surface area (TPSA) is 107 Å². The van der Waals surface area contributed by atoms with Crippen molar-refractivity contribution in [2.45, 2.75) is 13.3 Å². The van der Waals surface area contributed by atoms with E-state index in [4.69, 9.17) is 5.73 Å². The molecule has 1 aromatic heterocycles. The first kappa shape index (κ1) is 12.9. The number of thioether (sulfide) groups is 1. The van der Waals surface area contributed by atoms with E-state index in [9.17, 15) is 10.1 Å². The van der Waals surface area contributed by atoms with Gasteiger partial charge < -0.3 is 11.1 Å². The van der Waals surface area contributed by atoms with Gasteiger partial charge in [0.25, 0.3) is 0 Å². The van der Waals surface area contributed by atoms with Gasteiger partial charge in [0.1, 0.15) is 5.69 Å². The Morgan fingerprint density at radius 3 is 3.00 bits per heavy atom. The average molecular weight is 269 g/mol. The summed E-state index contributed by atoms with van der Waals surface area (Å²) in [5.41, 5.74) is 5.72. The Morgan fingerprint density at radius 2 is 2.39 bits per heavy atom. The molecule has 2 heterocycles. The van der Waals surface area contributed by atoms with Gasteiger partial charge in [0.2, 0.25) is 11.8 Å². The lowest BCUT2D eigenvalue weighted by Gasteiger charge is -2.11. The van der Waals surface area contributed by atoms with Crippen LogP contribution in [0.15, 0.2) is 0 Å². The largest absolute Gasteiger partial charge is 0.368 e. The molecule has 98 valence electrons. The van der Waals surface area contributed by atoms with Crippen molar-refractivity contribution in [1.29, 1.82) is 0 Å². The van der Waals surface area contributed by atoms with E-state index in [1.165, 1.54) is 0 Å². The number of rotatable bonds is 4. The van der Waals surface area contributed by atoms with E-state index in [1.807, 2.05) is 11.8 Å². The predicted octanol–water partition coefficient (Wildman–Crippen LogP) is 1.44. The van der Waals surface area contributed by atoms with Crippen LogP contribution in [-0.2, 0) is 0 Å². The summed E-state index contributed by atoms with van der Waals surface area (Å²) in [6.07, 6.45) is 1.13. The molecule has 8 heteroatoms. The molecule has 0 aromatic carbocycles. The van der Waals surface area contributed by atoms with Crippen molar-refractivity contribution >= 4 is 29.2 Å². The van der Waals surface area contributed by atoms with E-state index in [0.717, 1.165) is 17.9 Å². The number of nitro groups is 1. The minimum Gasteiger partial charge on any atom is -0.368 e. The summed E-state index contributed by atoms with van der Waals surface area (Å²) in [5, 5.41) is 14.0. The van der Waals surface area contributed by atoms with E-state index in [1.54, 1.807) is 6.92 Å². The first-order chi connectivity index (χ1) is 8.58. The summed E-state index contributed by atoms with van der Waals surface area (Å²) in [7, 11) is 0. The van der Waals surface area contributed by atoms with Gasteiger partial charge in [-0.15, -0.1) is 0 Å². The number of nitrogens with zero attached hydrogens (tertiary/aromatic N) is 3. The molecule has 7 nitrogen and oxygen atoms in total. The third-order valence-electron chi connectivity index (χ3n) is 2.84. The van der Waals surface area contributed by atoms with Crippen LogP contribution in [0.4, 0.5) is 17.5 Å². The molecule has 3 N–H and O–H groups in total. The summed E-state index contributed by atoms with van der Waals surface area (Å²) in [6.45, 7) is 2.25. The molecule has 1 saturated heterocycles. The third kappa shape index (κ3) is 2.81.